The fraction of sp³-hybridized carbons (Fsp3) is 0.143. The molecule has 2 aromatic rings. The first kappa shape index (κ1) is 17.3. The highest BCUT2D eigenvalue weighted by Gasteiger charge is 2.27. The van der Waals surface area contributed by atoms with E-state index in [9.17, 15) is 27.2 Å². The molecule has 3 N–H and O–H groups in total. The number of halogens is 4. The minimum Gasteiger partial charge on any atom is -0.451 e. The second kappa shape index (κ2) is 7.02. The number of nitrogens with one attached hydrogen (secondary N) is 3. The fourth-order valence-electron chi connectivity index (χ4n) is 1.63. The van der Waals surface area contributed by atoms with Gasteiger partial charge in [-0.2, -0.15) is 13.2 Å². The van der Waals surface area contributed by atoms with Crippen molar-refractivity contribution in [1.82, 2.24) is 16.2 Å². The summed E-state index contributed by atoms with van der Waals surface area (Å²) in [5, 5.41) is 1.51. The molecule has 0 atom stereocenters. The van der Waals surface area contributed by atoms with Crippen LogP contribution >= 0.6 is 0 Å². The SMILES string of the molecule is O=C(NCC(F)(F)F)NNC(=O)c1ccc(-c2ccc(F)cc2)o1. The van der Waals surface area contributed by atoms with Crippen LogP contribution in [-0.4, -0.2) is 24.7 Å². The van der Waals surface area contributed by atoms with Crippen LogP contribution in [-0.2, 0) is 0 Å². The van der Waals surface area contributed by atoms with Crippen LogP contribution < -0.4 is 16.2 Å². The number of hydrogen-bond donors (Lipinski definition) is 3. The summed E-state index contributed by atoms with van der Waals surface area (Å²) < 4.78 is 53.8. The number of urea groups is 1. The van der Waals surface area contributed by atoms with E-state index in [0.29, 0.717) is 5.56 Å². The molecule has 0 fully saturated rings. The van der Waals surface area contributed by atoms with Gasteiger partial charge in [-0.3, -0.25) is 10.2 Å². The summed E-state index contributed by atoms with van der Waals surface area (Å²) in [6.45, 7) is -1.54. The minimum atomic E-state index is -4.56. The summed E-state index contributed by atoms with van der Waals surface area (Å²) in [6, 6.07) is 6.83. The third kappa shape index (κ3) is 5.00. The Bertz CT molecular complexity index is 726. The Balaban J connectivity index is 1.89. The fourth-order valence-corrected chi connectivity index (χ4v) is 1.63. The van der Waals surface area contributed by atoms with E-state index in [1.54, 1.807) is 5.43 Å². The number of hydrazine groups is 1. The predicted molar refractivity (Wildman–Crippen MR) is 74.2 cm³/mol. The molecular formula is C14H11F4N3O3. The summed E-state index contributed by atoms with van der Waals surface area (Å²) >= 11 is 0. The number of benzene rings is 1. The van der Waals surface area contributed by atoms with Crippen LogP contribution in [0.2, 0.25) is 0 Å². The van der Waals surface area contributed by atoms with Crippen molar-refractivity contribution in [3.63, 3.8) is 0 Å². The Morgan fingerprint density at radius 3 is 2.29 bits per heavy atom. The summed E-state index contributed by atoms with van der Waals surface area (Å²) in [7, 11) is 0. The average molecular weight is 345 g/mol. The molecule has 10 heteroatoms. The van der Waals surface area contributed by atoms with Crippen LogP contribution in [0.5, 0.6) is 0 Å². The van der Waals surface area contributed by atoms with Crippen LogP contribution in [0.4, 0.5) is 22.4 Å². The number of furan rings is 1. The lowest BCUT2D eigenvalue weighted by atomic mass is 10.2. The summed E-state index contributed by atoms with van der Waals surface area (Å²) in [5.74, 6) is -1.21. The Kier molecular flexibility index (Phi) is 5.07. The Labute approximate surface area is 132 Å². The lowest BCUT2D eigenvalue weighted by Gasteiger charge is -2.09. The van der Waals surface area contributed by atoms with Gasteiger partial charge >= 0.3 is 18.1 Å². The molecule has 2 rings (SSSR count). The first-order chi connectivity index (χ1) is 11.2. The van der Waals surface area contributed by atoms with E-state index in [0.717, 1.165) is 0 Å². The molecule has 1 aromatic heterocycles. The van der Waals surface area contributed by atoms with Gasteiger partial charge < -0.3 is 9.73 Å². The zero-order valence-electron chi connectivity index (χ0n) is 11.9. The number of rotatable bonds is 3. The molecule has 1 aromatic carbocycles. The normalized spacial score (nSPS) is 11.0. The van der Waals surface area contributed by atoms with E-state index in [1.165, 1.54) is 41.7 Å². The molecule has 0 spiro atoms. The second-order valence-corrected chi connectivity index (χ2v) is 4.55. The average Bonchev–Trinajstić information content (AvgIpc) is 3.00. The van der Waals surface area contributed by atoms with Gasteiger partial charge in [-0.15, -0.1) is 0 Å². The number of amides is 3. The quantitative estimate of drug-likeness (QED) is 0.591. The number of alkyl halides is 3. The first-order valence-corrected chi connectivity index (χ1v) is 6.51. The van der Waals surface area contributed by atoms with Crippen molar-refractivity contribution in [2.75, 3.05) is 6.54 Å². The zero-order chi connectivity index (χ0) is 17.7. The zero-order valence-corrected chi connectivity index (χ0v) is 11.9. The smallest absolute Gasteiger partial charge is 0.405 e. The van der Waals surface area contributed by atoms with Crippen molar-refractivity contribution in [2.24, 2.45) is 0 Å². The maximum Gasteiger partial charge on any atom is 0.405 e. The summed E-state index contributed by atoms with van der Waals surface area (Å²) in [6.07, 6.45) is -4.56. The van der Waals surface area contributed by atoms with Crippen LogP contribution in [0.25, 0.3) is 11.3 Å². The molecular weight excluding hydrogens is 334 g/mol. The highest BCUT2D eigenvalue weighted by molar-refractivity contribution is 5.93. The molecule has 0 saturated carbocycles. The Hall–Kier alpha value is -3.04. The maximum atomic E-state index is 12.8. The van der Waals surface area contributed by atoms with Crippen LogP contribution in [0.1, 0.15) is 10.6 Å². The highest BCUT2D eigenvalue weighted by Crippen LogP contribution is 2.22. The van der Waals surface area contributed by atoms with E-state index in [1.807, 2.05) is 5.43 Å². The van der Waals surface area contributed by atoms with Gasteiger partial charge in [-0.25, -0.2) is 14.6 Å². The van der Waals surface area contributed by atoms with Crippen molar-refractivity contribution in [1.29, 1.82) is 0 Å². The Morgan fingerprint density at radius 1 is 1.00 bits per heavy atom. The molecule has 1 heterocycles. The molecule has 6 nitrogen and oxygen atoms in total. The van der Waals surface area contributed by atoms with Crippen LogP contribution in [0, 0.1) is 5.82 Å². The molecule has 0 unspecified atom stereocenters. The molecule has 0 bridgehead atoms. The lowest BCUT2D eigenvalue weighted by Crippen LogP contribution is -2.48. The molecule has 3 amide bonds. The molecule has 0 aliphatic rings. The van der Waals surface area contributed by atoms with Crippen molar-refractivity contribution in [2.45, 2.75) is 6.18 Å². The second-order valence-electron chi connectivity index (χ2n) is 4.55. The summed E-state index contributed by atoms with van der Waals surface area (Å²) in [5.41, 5.74) is 4.16. The topological polar surface area (TPSA) is 83.4 Å². The monoisotopic (exact) mass is 345 g/mol. The van der Waals surface area contributed by atoms with Gasteiger partial charge in [0.1, 0.15) is 18.1 Å². The van der Waals surface area contributed by atoms with Crippen molar-refractivity contribution in [3.05, 3.63) is 48.0 Å². The van der Waals surface area contributed by atoms with E-state index in [2.05, 4.69) is 0 Å². The van der Waals surface area contributed by atoms with Gasteiger partial charge in [0.2, 0.25) is 0 Å². The predicted octanol–water partition coefficient (Wildman–Crippen LogP) is 2.59. The third-order valence-electron chi connectivity index (χ3n) is 2.70. The van der Waals surface area contributed by atoms with Gasteiger partial charge in [-0.1, -0.05) is 0 Å². The molecule has 128 valence electrons. The molecule has 24 heavy (non-hydrogen) atoms. The van der Waals surface area contributed by atoms with Gasteiger partial charge in [-0.05, 0) is 36.4 Å². The third-order valence-corrected chi connectivity index (χ3v) is 2.70. The largest absolute Gasteiger partial charge is 0.451 e. The van der Waals surface area contributed by atoms with Crippen molar-refractivity contribution >= 4 is 11.9 Å². The van der Waals surface area contributed by atoms with Crippen molar-refractivity contribution < 1.29 is 31.6 Å². The first-order valence-electron chi connectivity index (χ1n) is 6.51. The van der Waals surface area contributed by atoms with Crippen LogP contribution in [0.15, 0.2) is 40.8 Å². The maximum absolute atomic E-state index is 12.8. The van der Waals surface area contributed by atoms with Crippen molar-refractivity contribution in [3.8, 4) is 11.3 Å². The molecule has 0 saturated heterocycles. The molecule has 0 radical (unpaired) electrons. The van der Waals surface area contributed by atoms with Gasteiger partial charge in [0.25, 0.3) is 0 Å². The van der Waals surface area contributed by atoms with Gasteiger partial charge in [0, 0.05) is 5.56 Å². The van der Waals surface area contributed by atoms with E-state index in [-0.39, 0.29) is 11.5 Å². The molecule has 0 aliphatic carbocycles. The van der Waals surface area contributed by atoms with E-state index >= 15 is 0 Å². The van der Waals surface area contributed by atoms with Gasteiger partial charge in [0.15, 0.2) is 5.76 Å². The lowest BCUT2D eigenvalue weighted by molar-refractivity contribution is -0.122. The van der Waals surface area contributed by atoms with E-state index in [4.69, 9.17) is 4.42 Å². The standard InChI is InChI=1S/C14H11F4N3O3/c15-9-3-1-8(2-4-9)10-5-6-11(24-10)12(22)20-21-13(23)19-7-14(16,17)18/h1-6H,7H2,(H,20,22)(H2,19,21,23). The number of hydrogen-bond acceptors (Lipinski definition) is 3. The van der Waals surface area contributed by atoms with E-state index < -0.39 is 30.5 Å². The Morgan fingerprint density at radius 2 is 1.67 bits per heavy atom. The molecule has 0 aliphatic heterocycles. The number of carbonyl (C=O) groups excluding carboxylic acids is 2. The highest BCUT2D eigenvalue weighted by atomic mass is 19.4. The van der Waals surface area contributed by atoms with Crippen LogP contribution in [0.3, 0.4) is 0 Å². The van der Waals surface area contributed by atoms with Gasteiger partial charge in [0.05, 0.1) is 0 Å². The summed E-state index contributed by atoms with van der Waals surface area (Å²) in [4.78, 5) is 22.8. The number of carbonyl (C=O) groups is 2. The minimum absolute atomic E-state index is 0.189.